The quantitative estimate of drug-likeness (QED) is 0.294. The number of halogens is 4. The van der Waals surface area contributed by atoms with Gasteiger partial charge in [-0.1, -0.05) is 31.2 Å². The third-order valence-corrected chi connectivity index (χ3v) is 6.60. The van der Waals surface area contributed by atoms with Crippen LogP contribution in [-0.4, -0.2) is 33.8 Å². The number of aromatic nitrogens is 4. The Balaban J connectivity index is 1.91. The lowest BCUT2D eigenvalue weighted by Crippen LogP contribution is -2.26. The van der Waals surface area contributed by atoms with Gasteiger partial charge < -0.3 is 9.30 Å². The van der Waals surface area contributed by atoms with Crippen molar-refractivity contribution in [2.24, 2.45) is 0 Å². The largest absolute Gasteiger partial charge is 0.416 e. The van der Waals surface area contributed by atoms with Crippen molar-refractivity contribution in [2.45, 2.75) is 45.1 Å². The molecule has 3 rings (SSSR count). The van der Waals surface area contributed by atoms with Crippen molar-refractivity contribution >= 4 is 30.6 Å². The Morgan fingerprint density at radius 3 is 2.63 bits per heavy atom. The highest BCUT2D eigenvalue weighted by atomic mass is 35.5. The van der Waals surface area contributed by atoms with Gasteiger partial charge in [0, 0.05) is 20.1 Å². The van der Waals surface area contributed by atoms with Crippen LogP contribution in [0.25, 0.3) is 10.9 Å². The van der Waals surface area contributed by atoms with Gasteiger partial charge in [0.25, 0.3) is 0 Å². The fourth-order valence-electron chi connectivity index (χ4n) is 2.87. The molecule has 6 nitrogen and oxygen atoms in total. The summed E-state index contributed by atoms with van der Waals surface area (Å²) in [4.78, 5) is 20.3. The monoisotopic (exact) mass is 458 g/mol. The lowest BCUT2D eigenvalue weighted by Gasteiger charge is -2.17. The van der Waals surface area contributed by atoms with Gasteiger partial charge in [-0.05, 0) is 24.2 Å². The number of hydrogen-bond donors (Lipinski definition) is 0. The van der Waals surface area contributed by atoms with Gasteiger partial charge in [-0.3, -0.25) is 4.57 Å². The summed E-state index contributed by atoms with van der Waals surface area (Å²) in [7, 11) is -1.23. The average molecular weight is 459 g/mol. The second-order valence-corrected chi connectivity index (χ2v) is 14.2. The smallest absolute Gasteiger partial charge is 0.361 e. The molecule has 0 atom stereocenters. The second kappa shape index (κ2) is 8.52. The summed E-state index contributed by atoms with van der Waals surface area (Å²) in [5, 5.41) is 0.130. The van der Waals surface area contributed by atoms with Crippen molar-refractivity contribution in [1.82, 2.24) is 19.1 Å². The fourth-order valence-corrected chi connectivity index (χ4v) is 3.85. The molecule has 30 heavy (non-hydrogen) atoms. The third-order valence-electron chi connectivity index (χ3n) is 4.61. The Bertz CT molecular complexity index is 1110. The van der Waals surface area contributed by atoms with E-state index in [1.807, 2.05) is 0 Å². The highest BCUT2D eigenvalue weighted by molar-refractivity contribution is 6.76. The van der Waals surface area contributed by atoms with Crippen molar-refractivity contribution in [3.63, 3.8) is 0 Å². The SMILES string of the molecule is C[Si](C)(C)CCOCn1cncc1Cn1c(=O)nc(Cl)c2ccc(C(F)(F)F)cc21. The van der Waals surface area contributed by atoms with Crippen LogP contribution < -0.4 is 5.69 Å². The third kappa shape index (κ3) is 5.30. The first-order valence-corrected chi connectivity index (χ1v) is 13.4. The predicted molar refractivity (Wildman–Crippen MR) is 111 cm³/mol. The van der Waals surface area contributed by atoms with Crippen LogP contribution in [0, 0.1) is 0 Å². The van der Waals surface area contributed by atoms with E-state index in [-0.39, 0.29) is 29.3 Å². The van der Waals surface area contributed by atoms with Crippen LogP contribution in [-0.2, 0) is 24.2 Å². The first kappa shape index (κ1) is 22.5. The predicted octanol–water partition coefficient (Wildman–Crippen LogP) is 4.63. The minimum absolute atomic E-state index is 0.0157. The van der Waals surface area contributed by atoms with Crippen LogP contribution in [0.5, 0.6) is 0 Å². The van der Waals surface area contributed by atoms with E-state index in [0.717, 1.165) is 22.7 Å². The van der Waals surface area contributed by atoms with Gasteiger partial charge in [0.2, 0.25) is 0 Å². The lowest BCUT2D eigenvalue weighted by atomic mass is 10.1. The molecular formula is C19H22ClF3N4O2Si. The molecular weight excluding hydrogens is 437 g/mol. The highest BCUT2D eigenvalue weighted by Crippen LogP contribution is 2.32. The standard InChI is InChI=1S/C19H22ClF3N4O2Si/c1-30(2,3)7-6-29-12-26-11-24-9-14(26)10-27-16-8-13(19(21,22)23)4-5-15(16)17(20)25-18(27)28/h4-5,8-9,11H,6-7,10,12H2,1-3H3. The van der Waals surface area contributed by atoms with Gasteiger partial charge in [0.1, 0.15) is 11.9 Å². The molecule has 162 valence electrons. The van der Waals surface area contributed by atoms with Gasteiger partial charge >= 0.3 is 11.9 Å². The van der Waals surface area contributed by atoms with Crippen molar-refractivity contribution in [2.75, 3.05) is 6.61 Å². The molecule has 0 fully saturated rings. The maximum Gasteiger partial charge on any atom is 0.416 e. The van der Waals surface area contributed by atoms with E-state index < -0.39 is 25.5 Å². The summed E-state index contributed by atoms with van der Waals surface area (Å²) in [5.41, 5.74) is -0.942. The van der Waals surface area contributed by atoms with Gasteiger partial charge in [-0.25, -0.2) is 9.78 Å². The van der Waals surface area contributed by atoms with E-state index in [9.17, 15) is 18.0 Å². The first-order chi connectivity index (χ1) is 14.0. The number of ether oxygens (including phenoxy) is 1. The molecule has 0 N–H and O–H groups in total. The zero-order chi connectivity index (χ0) is 22.1. The van der Waals surface area contributed by atoms with E-state index in [1.165, 1.54) is 6.07 Å². The summed E-state index contributed by atoms with van der Waals surface area (Å²) in [5.74, 6) is 0. The molecule has 0 saturated heterocycles. The summed E-state index contributed by atoms with van der Waals surface area (Å²) in [6, 6.07) is 4.06. The van der Waals surface area contributed by atoms with Crippen LogP contribution in [0.3, 0.4) is 0 Å². The zero-order valence-corrected chi connectivity index (χ0v) is 18.6. The summed E-state index contributed by atoms with van der Waals surface area (Å²) in [6.07, 6.45) is -1.44. The molecule has 0 unspecified atom stereocenters. The maximum atomic E-state index is 13.2. The molecule has 0 spiro atoms. The van der Waals surface area contributed by atoms with E-state index in [2.05, 4.69) is 29.6 Å². The minimum atomic E-state index is -4.54. The summed E-state index contributed by atoms with van der Waals surface area (Å²) < 4.78 is 48.1. The van der Waals surface area contributed by atoms with Crippen molar-refractivity contribution in [3.05, 3.63) is 57.6 Å². The van der Waals surface area contributed by atoms with Crippen molar-refractivity contribution in [3.8, 4) is 0 Å². The Kier molecular flexibility index (Phi) is 6.39. The maximum absolute atomic E-state index is 13.2. The summed E-state index contributed by atoms with van der Waals surface area (Å²) >= 11 is 6.00. The van der Waals surface area contributed by atoms with Crippen LogP contribution in [0.4, 0.5) is 13.2 Å². The average Bonchev–Trinajstić information content (AvgIpc) is 3.07. The molecule has 2 aromatic heterocycles. The molecule has 1 aromatic carbocycles. The Hall–Kier alpha value is -2.17. The molecule has 0 aliphatic rings. The van der Waals surface area contributed by atoms with Crippen molar-refractivity contribution in [1.29, 1.82) is 0 Å². The normalized spacial score (nSPS) is 12.6. The number of alkyl halides is 3. The number of nitrogens with zero attached hydrogens (tertiary/aromatic N) is 4. The first-order valence-electron chi connectivity index (χ1n) is 9.30. The number of hydrogen-bond acceptors (Lipinski definition) is 4. The van der Waals surface area contributed by atoms with Crippen LogP contribution in [0.2, 0.25) is 30.8 Å². The van der Waals surface area contributed by atoms with E-state index in [0.29, 0.717) is 12.3 Å². The topological polar surface area (TPSA) is 61.9 Å². The number of imidazole rings is 1. The molecule has 0 radical (unpaired) electrons. The molecule has 0 aliphatic carbocycles. The summed E-state index contributed by atoms with van der Waals surface area (Å²) in [6.45, 7) is 7.57. The zero-order valence-electron chi connectivity index (χ0n) is 16.8. The lowest BCUT2D eigenvalue weighted by molar-refractivity contribution is -0.137. The van der Waals surface area contributed by atoms with E-state index in [4.69, 9.17) is 16.3 Å². The number of rotatable bonds is 7. The van der Waals surface area contributed by atoms with Gasteiger partial charge in [-0.2, -0.15) is 18.2 Å². The minimum Gasteiger partial charge on any atom is -0.361 e. The molecule has 0 saturated carbocycles. The number of fused-ring (bicyclic) bond motifs is 1. The second-order valence-electron chi connectivity index (χ2n) is 8.20. The van der Waals surface area contributed by atoms with Crippen LogP contribution in [0.1, 0.15) is 11.3 Å². The molecule has 0 bridgehead atoms. The van der Waals surface area contributed by atoms with Crippen LogP contribution >= 0.6 is 11.6 Å². The van der Waals surface area contributed by atoms with Gasteiger partial charge in [0.15, 0.2) is 0 Å². The molecule has 0 aliphatic heterocycles. The van der Waals surface area contributed by atoms with Gasteiger partial charge in [0.05, 0.1) is 35.8 Å². The van der Waals surface area contributed by atoms with Crippen LogP contribution in [0.15, 0.2) is 35.5 Å². The molecule has 3 aromatic rings. The molecule has 2 heterocycles. The van der Waals surface area contributed by atoms with E-state index in [1.54, 1.807) is 17.1 Å². The Morgan fingerprint density at radius 1 is 1.23 bits per heavy atom. The Labute approximate surface area is 177 Å². The molecule has 11 heteroatoms. The van der Waals surface area contributed by atoms with Crippen molar-refractivity contribution < 1.29 is 17.9 Å². The highest BCUT2D eigenvalue weighted by Gasteiger charge is 2.31. The van der Waals surface area contributed by atoms with E-state index >= 15 is 0 Å². The Morgan fingerprint density at radius 2 is 1.97 bits per heavy atom. The molecule has 0 amide bonds. The number of benzene rings is 1. The van der Waals surface area contributed by atoms with Gasteiger partial charge in [-0.15, -0.1) is 0 Å². The fraction of sp³-hybridized carbons (Fsp3) is 0.421.